The average molecular weight is 282 g/mol. The molecule has 0 unspecified atom stereocenters. The Bertz CT molecular complexity index is 522. The molecule has 4 nitrogen and oxygen atoms in total. The lowest BCUT2D eigenvalue weighted by Gasteiger charge is -2.22. The van der Waals surface area contributed by atoms with Gasteiger partial charge in [-0.3, -0.25) is 0 Å². The SMILES string of the molecule is CC[C@H](NC1CCCC1)c1cccc(S(N)(=O)=O)c1. The molecule has 0 amide bonds. The van der Waals surface area contributed by atoms with Crippen molar-refractivity contribution in [1.82, 2.24) is 5.32 Å². The zero-order valence-electron chi connectivity index (χ0n) is 11.3. The van der Waals surface area contributed by atoms with E-state index in [-0.39, 0.29) is 10.9 Å². The number of benzene rings is 1. The number of rotatable bonds is 5. The summed E-state index contributed by atoms with van der Waals surface area (Å²) in [6, 6.07) is 7.71. The van der Waals surface area contributed by atoms with E-state index in [1.165, 1.54) is 25.7 Å². The van der Waals surface area contributed by atoms with Crippen molar-refractivity contribution in [2.75, 3.05) is 0 Å². The van der Waals surface area contributed by atoms with Crippen molar-refractivity contribution in [2.24, 2.45) is 5.14 Å². The highest BCUT2D eigenvalue weighted by Gasteiger charge is 2.20. The van der Waals surface area contributed by atoms with Crippen molar-refractivity contribution in [1.29, 1.82) is 0 Å². The number of hydrogen-bond donors (Lipinski definition) is 2. The van der Waals surface area contributed by atoms with Gasteiger partial charge in [-0.2, -0.15) is 0 Å². The standard InChI is InChI=1S/C14H22N2O2S/c1-2-14(16-12-7-3-4-8-12)11-6-5-9-13(10-11)19(15,17)18/h5-6,9-10,12,14,16H,2-4,7-8H2,1H3,(H2,15,17,18)/t14-/m0/s1. The van der Waals surface area contributed by atoms with Crippen LogP contribution in [0.5, 0.6) is 0 Å². The summed E-state index contributed by atoms with van der Waals surface area (Å²) in [7, 11) is -3.62. The van der Waals surface area contributed by atoms with Crippen LogP contribution in [0.25, 0.3) is 0 Å². The Morgan fingerprint density at radius 1 is 1.37 bits per heavy atom. The van der Waals surface area contributed by atoms with Crippen molar-refractivity contribution < 1.29 is 8.42 Å². The first-order valence-corrected chi connectivity index (χ1v) is 8.44. The molecular weight excluding hydrogens is 260 g/mol. The molecule has 0 saturated heterocycles. The lowest BCUT2D eigenvalue weighted by molar-refractivity contribution is 0.430. The third-order valence-corrected chi connectivity index (χ3v) is 4.70. The van der Waals surface area contributed by atoms with Crippen LogP contribution < -0.4 is 10.5 Å². The highest BCUT2D eigenvalue weighted by atomic mass is 32.2. The molecule has 1 aliphatic carbocycles. The molecule has 5 heteroatoms. The van der Waals surface area contributed by atoms with E-state index in [0.717, 1.165) is 12.0 Å². The monoisotopic (exact) mass is 282 g/mol. The Morgan fingerprint density at radius 3 is 2.63 bits per heavy atom. The molecule has 0 bridgehead atoms. The first-order valence-electron chi connectivity index (χ1n) is 6.89. The molecule has 1 aromatic carbocycles. The number of nitrogens with two attached hydrogens (primary N) is 1. The maximum atomic E-state index is 11.4. The lowest BCUT2D eigenvalue weighted by atomic mass is 10.0. The van der Waals surface area contributed by atoms with Crippen LogP contribution in [-0.2, 0) is 10.0 Å². The largest absolute Gasteiger partial charge is 0.307 e. The Morgan fingerprint density at radius 2 is 2.05 bits per heavy atom. The summed E-state index contributed by atoms with van der Waals surface area (Å²) in [5.74, 6) is 0. The van der Waals surface area contributed by atoms with Gasteiger partial charge in [0.15, 0.2) is 0 Å². The third kappa shape index (κ3) is 3.78. The molecule has 1 atom stereocenters. The van der Waals surface area contributed by atoms with Crippen molar-refractivity contribution in [2.45, 2.75) is 56.0 Å². The van der Waals surface area contributed by atoms with Crippen LogP contribution >= 0.6 is 0 Å². The molecule has 0 spiro atoms. The molecule has 2 rings (SSSR count). The molecule has 0 heterocycles. The van der Waals surface area contributed by atoms with E-state index in [1.807, 2.05) is 6.07 Å². The van der Waals surface area contributed by atoms with Crippen molar-refractivity contribution in [3.63, 3.8) is 0 Å². The molecular formula is C14H22N2O2S. The average Bonchev–Trinajstić information content (AvgIpc) is 2.88. The molecule has 1 aliphatic rings. The minimum Gasteiger partial charge on any atom is -0.307 e. The second kappa shape index (κ2) is 6.03. The highest BCUT2D eigenvalue weighted by molar-refractivity contribution is 7.89. The van der Waals surface area contributed by atoms with Gasteiger partial charge in [-0.1, -0.05) is 31.9 Å². The smallest absolute Gasteiger partial charge is 0.238 e. The first kappa shape index (κ1) is 14.5. The van der Waals surface area contributed by atoms with Crippen molar-refractivity contribution in [3.05, 3.63) is 29.8 Å². The van der Waals surface area contributed by atoms with E-state index in [1.54, 1.807) is 18.2 Å². The fraction of sp³-hybridized carbons (Fsp3) is 0.571. The van der Waals surface area contributed by atoms with Gasteiger partial charge in [0.25, 0.3) is 0 Å². The van der Waals surface area contributed by atoms with E-state index < -0.39 is 10.0 Å². The summed E-state index contributed by atoms with van der Waals surface area (Å²) < 4.78 is 22.8. The summed E-state index contributed by atoms with van der Waals surface area (Å²) in [4.78, 5) is 0.191. The highest BCUT2D eigenvalue weighted by Crippen LogP contribution is 2.25. The van der Waals surface area contributed by atoms with Crippen LogP contribution in [-0.4, -0.2) is 14.5 Å². The second-order valence-electron chi connectivity index (χ2n) is 5.23. The van der Waals surface area contributed by atoms with E-state index in [4.69, 9.17) is 5.14 Å². The number of sulfonamides is 1. The molecule has 3 N–H and O–H groups in total. The molecule has 1 fully saturated rings. The Balaban J connectivity index is 2.18. The zero-order valence-corrected chi connectivity index (χ0v) is 12.1. The van der Waals surface area contributed by atoms with E-state index in [9.17, 15) is 8.42 Å². The number of nitrogens with one attached hydrogen (secondary N) is 1. The molecule has 1 saturated carbocycles. The Labute approximate surface area is 115 Å². The number of primary sulfonamides is 1. The van der Waals surface area contributed by atoms with Gasteiger partial charge in [-0.05, 0) is 37.0 Å². The fourth-order valence-corrected chi connectivity index (χ4v) is 3.30. The van der Waals surface area contributed by atoms with E-state index >= 15 is 0 Å². The summed E-state index contributed by atoms with van der Waals surface area (Å²) in [5, 5.41) is 8.81. The Hall–Kier alpha value is -0.910. The quantitative estimate of drug-likeness (QED) is 0.870. The van der Waals surface area contributed by atoms with Gasteiger partial charge in [-0.15, -0.1) is 0 Å². The predicted octanol–water partition coefficient (Wildman–Crippen LogP) is 2.32. The van der Waals surface area contributed by atoms with Crippen LogP contribution in [0.4, 0.5) is 0 Å². The molecule has 0 aliphatic heterocycles. The van der Waals surface area contributed by atoms with E-state index in [0.29, 0.717) is 6.04 Å². The van der Waals surface area contributed by atoms with Gasteiger partial charge in [-0.25, -0.2) is 13.6 Å². The van der Waals surface area contributed by atoms with Gasteiger partial charge < -0.3 is 5.32 Å². The molecule has 1 aromatic rings. The minimum absolute atomic E-state index is 0.191. The summed E-state index contributed by atoms with van der Waals surface area (Å²) in [6.07, 6.45) is 5.93. The van der Waals surface area contributed by atoms with E-state index in [2.05, 4.69) is 12.2 Å². The van der Waals surface area contributed by atoms with Crippen LogP contribution in [0.3, 0.4) is 0 Å². The molecule has 19 heavy (non-hydrogen) atoms. The lowest BCUT2D eigenvalue weighted by Crippen LogP contribution is -2.30. The van der Waals surface area contributed by atoms with Crippen molar-refractivity contribution >= 4 is 10.0 Å². The zero-order chi connectivity index (χ0) is 13.9. The van der Waals surface area contributed by atoms with Crippen LogP contribution in [0, 0.1) is 0 Å². The van der Waals surface area contributed by atoms with Crippen LogP contribution in [0.2, 0.25) is 0 Å². The predicted molar refractivity (Wildman–Crippen MR) is 76.2 cm³/mol. The van der Waals surface area contributed by atoms with Crippen LogP contribution in [0.15, 0.2) is 29.2 Å². The fourth-order valence-electron chi connectivity index (χ4n) is 2.74. The maximum Gasteiger partial charge on any atom is 0.238 e. The van der Waals surface area contributed by atoms with Gasteiger partial charge in [0.2, 0.25) is 10.0 Å². The summed E-state index contributed by atoms with van der Waals surface area (Å²) in [5.41, 5.74) is 1.00. The molecule has 0 radical (unpaired) electrons. The Kier molecular flexibility index (Phi) is 4.60. The van der Waals surface area contributed by atoms with Gasteiger partial charge in [0.1, 0.15) is 0 Å². The summed E-state index contributed by atoms with van der Waals surface area (Å²) >= 11 is 0. The molecule has 0 aromatic heterocycles. The maximum absolute atomic E-state index is 11.4. The topological polar surface area (TPSA) is 72.2 Å². The van der Waals surface area contributed by atoms with Gasteiger partial charge in [0.05, 0.1) is 4.90 Å². The minimum atomic E-state index is -3.62. The van der Waals surface area contributed by atoms with Gasteiger partial charge >= 0.3 is 0 Å². The second-order valence-corrected chi connectivity index (χ2v) is 6.79. The first-order chi connectivity index (χ1) is 9.00. The normalized spacial score (nSPS) is 18.6. The third-order valence-electron chi connectivity index (χ3n) is 3.79. The number of hydrogen-bond acceptors (Lipinski definition) is 3. The van der Waals surface area contributed by atoms with Gasteiger partial charge in [0, 0.05) is 12.1 Å². The summed E-state index contributed by atoms with van der Waals surface area (Å²) in [6.45, 7) is 2.11. The van der Waals surface area contributed by atoms with Crippen LogP contribution in [0.1, 0.15) is 50.6 Å². The molecule has 106 valence electrons. The van der Waals surface area contributed by atoms with Crippen molar-refractivity contribution in [3.8, 4) is 0 Å².